The molecule has 2 aromatic rings. The molecule has 0 radical (unpaired) electrons. The molecule has 1 aliphatic heterocycles. The van der Waals surface area contributed by atoms with Gasteiger partial charge in [0.05, 0.1) is 18.5 Å². The molecule has 1 saturated heterocycles. The Morgan fingerprint density at radius 3 is 2.50 bits per heavy atom. The monoisotopic (exact) mass is 351 g/mol. The summed E-state index contributed by atoms with van der Waals surface area (Å²) in [6.45, 7) is 1.92. The number of imide groups is 2. The number of aliphatic imine (C=N–C) groups is 1. The number of rotatable bonds is 4. The van der Waals surface area contributed by atoms with Gasteiger partial charge >= 0.3 is 6.03 Å². The van der Waals surface area contributed by atoms with Gasteiger partial charge in [0.15, 0.2) is 5.92 Å². The Morgan fingerprint density at radius 1 is 1.12 bits per heavy atom. The van der Waals surface area contributed by atoms with Crippen molar-refractivity contribution in [1.29, 1.82) is 0 Å². The summed E-state index contributed by atoms with van der Waals surface area (Å²) in [6, 6.07) is 13.0. The van der Waals surface area contributed by atoms with Crippen molar-refractivity contribution < 1.29 is 19.1 Å². The molecule has 1 aliphatic rings. The number of barbiturate groups is 1. The van der Waals surface area contributed by atoms with Crippen molar-refractivity contribution in [3.8, 4) is 5.75 Å². The SMILES string of the molecule is COc1ccc(N2C(=O)NC(=O)[C@@H](C=Nc3cccc(C)c3)C2=O)cc1. The third kappa shape index (κ3) is 3.46. The van der Waals surface area contributed by atoms with Crippen LogP contribution in [0.15, 0.2) is 53.5 Å². The second-order valence-corrected chi connectivity index (χ2v) is 5.76. The molecule has 26 heavy (non-hydrogen) atoms. The highest BCUT2D eigenvalue weighted by Crippen LogP contribution is 2.23. The fourth-order valence-corrected chi connectivity index (χ4v) is 2.57. The van der Waals surface area contributed by atoms with E-state index in [1.807, 2.05) is 25.1 Å². The van der Waals surface area contributed by atoms with Crippen LogP contribution < -0.4 is 15.0 Å². The minimum atomic E-state index is -1.18. The Morgan fingerprint density at radius 2 is 1.85 bits per heavy atom. The quantitative estimate of drug-likeness (QED) is 0.677. The molecule has 0 bridgehead atoms. The minimum absolute atomic E-state index is 0.342. The molecule has 4 amide bonds. The van der Waals surface area contributed by atoms with E-state index in [0.29, 0.717) is 17.1 Å². The summed E-state index contributed by atoms with van der Waals surface area (Å²) in [6.07, 6.45) is 1.26. The smallest absolute Gasteiger partial charge is 0.335 e. The number of nitrogens with one attached hydrogen (secondary N) is 1. The standard InChI is InChI=1S/C19H17N3O4/c1-12-4-3-5-13(10-12)20-11-16-17(23)21-19(25)22(18(16)24)14-6-8-15(26-2)9-7-14/h3-11,16H,1-2H3,(H,21,23,25)/t16-/m1/s1. The number of benzene rings is 2. The van der Waals surface area contributed by atoms with Crippen LogP contribution in [0.5, 0.6) is 5.75 Å². The molecule has 0 spiro atoms. The van der Waals surface area contributed by atoms with Crippen molar-refractivity contribution in [1.82, 2.24) is 5.32 Å². The molecule has 0 unspecified atom stereocenters. The lowest BCUT2D eigenvalue weighted by atomic mass is 10.1. The summed E-state index contributed by atoms with van der Waals surface area (Å²) in [5.41, 5.74) is 1.97. The van der Waals surface area contributed by atoms with Crippen LogP contribution in [0, 0.1) is 12.8 Å². The van der Waals surface area contributed by atoms with E-state index < -0.39 is 23.8 Å². The summed E-state index contributed by atoms with van der Waals surface area (Å²) in [5, 5.41) is 2.19. The zero-order chi connectivity index (χ0) is 18.7. The number of amides is 4. The summed E-state index contributed by atoms with van der Waals surface area (Å²) in [5.74, 6) is -1.94. The van der Waals surface area contributed by atoms with Crippen molar-refractivity contribution >= 4 is 35.4 Å². The van der Waals surface area contributed by atoms with Crippen LogP contribution >= 0.6 is 0 Å². The van der Waals surface area contributed by atoms with Gasteiger partial charge in [0, 0.05) is 6.21 Å². The third-order valence-corrected chi connectivity index (χ3v) is 3.91. The van der Waals surface area contributed by atoms with E-state index in [1.54, 1.807) is 30.3 Å². The summed E-state index contributed by atoms with van der Waals surface area (Å²) < 4.78 is 5.07. The van der Waals surface area contributed by atoms with Gasteiger partial charge in [0.2, 0.25) is 5.91 Å². The van der Waals surface area contributed by atoms with Gasteiger partial charge in [-0.2, -0.15) is 0 Å². The summed E-state index contributed by atoms with van der Waals surface area (Å²) in [4.78, 5) is 42.1. The zero-order valence-corrected chi connectivity index (χ0v) is 14.3. The summed E-state index contributed by atoms with van der Waals surface area (Å²) >= 11 is 0. The molecule has 0 aromatic heterocycles. The lowest BCUT2D eigenvalue weighted by Crippen LogP contribution is -2.58. The van der Waals surface area contributed by atoms with Gasteiger partial charge in [-0.15, -0.1) is 0 Å². The first kappa shape index (κ1) is 17.3. The average molecular weight is 351 g/mol. The number of hydrogen-bond acceptors (Lipinski definition) is 5. The molecular formula is C19H17N3O4. The maximum absolute atomic E-state index is 12.7. The maximum Gasteiger partial charge on any atom is 0.335 e. The zero-order valence-electron chi connectivity index (χ0n) is 14.3. The van der Waals surface area contributed by atoms with Gasteiger partial charge in [-0.3, -0.25) is 19.9 Å². The molecule has 3 rings (SSSR count). The minimum Gasteiger partial charge on any atom is -0.497 e. The summed E-state index contributed by atoms with van der Waals surface area (Å²) in [7, 11) is 1.52. The number of ether oxygens (including phenoxy) is 1. The molecule has 1 N–H and O–H groups in total. The number of urea groups is 1. The highest BCUT2D eigenvalue weighted by Gasteiger charge is 2.40. The number of nitrogens with zero attached hydrogens (tertiary/aromatic N) is 2. The topological polar surface area (TPSA) is 88.1 Å². The molecular weight excluding hydrogens is 334 g/mol. The molecule has 0 aliphatic carbocycles. The van der Waals surface area contributed by atoms with Crippen molar-refractivity contribution in [2.24, 2.45) is 10.9 Å². The van der Waals surface area contributed by atoms with Crippen LogP contribution in [0.3, 0.4) is 0 Å². The largest absolute Gasteiger partial charge is 0.497 e. The van der Waals surface area contributed by atoms with Crippen LogP contribution in [0.25, 0.3) is 0 Å². The lowest BCUT2D eigenvalue weighted by molar-refractivity contribution is -0.131. The van der Waals surface area contributed by atoms with Crippen molar-refractivity contribution in [3.63, 3.8) is 0 Å². The predicted molar refractivity (Wildman–Crippen MR) is 96.8 cm³/mol. The maximum atomic E-state index is 12.7. The van der Waals surface area contributed by atoms with Gasteiger partial charge in [-0.25, -0.2) is 9.69 Å². The number of aryl methyl sites for hydroxylation is 1. The van der Waals surface area contributed by atoms with Crippen molar-refractivity contribution in [2.45, 2.75) is 6.92 Å². The number of methoxy groups -OCH3 is 1. The van der Waals surface area contributed by atoms with E-state index in [-0.39, 0.29) is 0 Å². The third-order valence-electron chi connectivity index (χ3n) is 3.91. The first-order valence-corrected chi connectivity index (χ1v) is 7.93. The average Bonchev–Trinajstić information content (AvgIpc) is 2.62. The second kappa shape index (κ2) is 7.18. The van der Waals surface area contributed by atoms with Crippen LogP contribution in [0.1, 0.15) is 5.56 Å². The Labute approximate surface area is 150 Å². The van der Waals surface area contributed by atoms with E-state index in [0.717, 1.165) is 10.5 Å². The van der Waals surface area contributed by atoms with E-state index >= 15 is 0 Å². The first-order chi connectivity index (χ1) is 12.5. The number of carbonyl (C=O) groups excluding carboxylic acids is 3. The Kier molecular flexibility index (Phi) is 4.79. The molecule has 1 heterocycles. The van der Waals surface area contributed by atoms with E-state index in [4.69, 9.17) is 4.74 Å². The molecule has 0 saturated carbocycles. The van der Waals surface area contributed by atoms with Gasteiger partial charge in [-0.05, 0) is 48.9 Å². The van der Waals surface area contributed by atoms with Crippen LogP contribution in [0.2, 0.25) is 0 Å². The Hall–Kier alpha value is -3.48. The Balaban J connectivity index is 1.87. The van der Waals surface area contributed by atoms with Crippen LogP contribution in [0.4, 0.5) is 16.2 Å². The molecule has 1 fully saturated rings. The molecule has 132 valence electrons. The van der Waals surface area contributed by atoms with Crippen molar-refractivity contribution in [2.75, 3.05) is 12.0 Å². The molecule has 2 aromatic carbocycles. The normalized spacial score (nSPS) is 17.5. The van der Waals surface area contributed by atoms with Crippen LogP contribution in [-0.2, 0) is 9.59 Å². The predicted octanol–water partition coefficient (Wildman–Crippen LogP) is 2.61. The van der Waals surface area contributed by atoms with Crippen LogP contribution in [-0.4, -0.2) is 31.2 Å². The van der Waals surface area contributed by atoms with Crippen molar-refractivity contribution in [3.05, 3.63) is 54.1 Å². The fourth-order valence-electron chi connectivity index (χ4n) is 2.57. The number of hydrogen-bond donors (Lipinski definition) is 1. The van der Waals surface area contributed by atoms with E-state index in [1.165, 1.54) is 13.3 Å². The van der Waals surface area contributed by atoms with E-state index in [9.17, 15) is 14.4 Å². The number of anilines is 1. The molecule has 7 nitrogen and oxygen atoms in total. The lowest BCUT2D eigenvalue weighted by Gasteiger charge is -2.28. The van der Waals surface area contributed by atoms with E-state index in [2.05, 4.69) is 10.3 Å². The highest BCUT2D eigenvalue weighted by molar-refractivity contribution is 6.32. The fraction of sp³-hybridized carbons (Fsp3) is 0.158. The molecule has 1 atom stereocenters. The second-order valence-electron chi connectivity index (χ2n) is 5.76. The molecule has 7 heteroatoms. The highest BCUT2D eigenvalue weighted by atomic mass is 16.5. The van der Waals surface area contributed by atoms with Gasteiger partial charge in [0.1, 0.15) is 5.75 Å². The number of carbonyl (C=O) groups is 3. The van der Waals surface area contributed by atoms with Gasteiger partial charge in [-0.1, -0.05) is 12.1 Å². The first-order valence-electron chi connectivity index (χ1n) is 7.93. The van der Waals surface area contributed by atoms with Gasteiger partial charge in [0.25, 0.3) is 5.91 Å². The Bertz CT molecular complexity index is 890. The van der Waals surface area contributed by atoms with Gasteiger partial charge < -0.3 is 4.74 Å².